The molecule has 0 spiro atoms. The highest BCUT2D eigenvalue weighted by Crippen LogP contribution is 2.39. The summed E-state index contributed by atoms with van der Waals surface area (Å²) >= 11 is 0. The second-order valence-electron chi connectivity index (χ2n) is 7.09. The quantitative estimate of drug-likeness (QED) is 0.794. The molecule has 1 heterocycles. The molecule has 0 saturated carbocycles. The lowest BCUT2D eigenvalue weighted by molar-refractivity contribution is -0.176. The molecule has 0 bridgehead atoms. The van der Waals surface area contributed by atoms with Crippen molar-refractivity contribution in [1.82, 2.24) is 0 Å². The molecule has 0 aromatic heterocycles. The zero-order valence-corrected chi connectivity index (χ0v) is 14.3. The standard InChI is InChI=1S/C20H25NO2/c1-15-10-12-16(13-11-15)18-14-19(22-20(2,3)4)23-21(18)17-8-6-5-7-9-17/h5-13,18-19H,14H2,1-4H3. The van der Waals surface area contributed by atoms with Crippen LogP contribution < -0.4 is 5.06 Å². The number of ether oxygens (including phenoxy) is 1. The Hall–Kier alpha value is -1.84. The molecule has 3 rings (SSSR count). The number of hydrogen-bond donors (Lipinski definition) is 0. The summed E-state index contributed by atoms with van der Waals surface area (Å²) in [5, 5.41) is 1.99. The number of rotatable bonds is 3. The Morgan fingerprint density at radius 3 is 2.26 bits per heavy atom. The van der Waals surface area contributed by atoms with Crippen LogP contribution in [0.1, 0.15) is 44.4 Å². The fourth-order valence-corrected chi connectivity index (χ4v) is 2.86. The van der Waals surface area contributed by atoms with Crippen molar-refractivity contribution in [2.45, 2.75) is 52.0 Å². The summed E-state index contributed by atoms with van der Waals surface area (Å²) in [7, 11) is 0. The van der Waals surface area contributed by atoms with Crippen LogP contribution in [0.15, 0.2) is 54.6 Å². The maximum Gasteiger partial charge on any atom is 0.186 e. The van der Waals surface area contributed by atoms with Crippen molar-refractivity contribution in [3.8, 4) is 0 Å². The maximum absolute atomic E-state index is 6.13. The highest BCUT2D eigenvalue weighted by Gasteiger charge is 2.37. The number of para-hydroxylation sites is 1. The lowest BCUT2D eigenvalue weighted by Gasteiger charge is -2.26. The van der Waals surface area contributed by atoms with Crippen LogP contribution >= 0.6 is 0 Å². The SMILES string of the molecule is Cc1ccc(C2CC(OC(C)(C)C)ON2c2ccccc2)cc1. The molecular weight excluding hydrogens is 286 g/mol. The molecule has 3 heteroatoms. The van der Waals surface area contributed by atoms with E-state index in [4.69, 9.17) is 9.57 Å². The summed E-state index contributed by atoms with van der Waals surface area (Å²) in [6.07, 6.45) is 0.580. The molecule has 0 radical (unpaired) electrons. The topological polar surface area (TPSA) is 21.7 Å². The van der Waals surface area contributed by atoms with E-state index in [1.807, 2.05) is 23.3 Å². The number of aryl methyl sites for hydroxylation is 1. The van der Waals surface area contributed by atoms with Gasteiger partial charge in [-0.05, 0) is 45.4 Å². The third-order valence-electron chi connectivity index (χ3n) is 3.89. The van der Waals surface area contributed by atoms with Gasteiger partial charge in [0, 0.05) is 6.42 Å². The molecule has 2 aromatic carbocycles. The van der Waals surface area contributed by atoms with E-state index in [9.17, 15) is 0 Å². The molecule has 1 aliphatic rings. The van der Waals surface area contributed by atoms with Crippen molar-refractivity contribution < 1.29 is 9.57 Å². The molecule has 1 aliphatic heterocycles. The molecule has 122 valence electrons. The van der Waals surface area contributed by atoms with Crippen LogP contribution in [-0.2, 0) is 9.57 Å². The molecule has 2 unspecified atom stereocenters. The zero-order valence-electron chi connectivity index (χ0n) is 14.3. The first kappa shape index (κ1) is 16.0. The average Bonchev–Trinajstić information content (AvgIpc) is 2.90. The number of anilines is 1. The van der Waals surface area contributed by atoms with E-state index >= 15 is 0 Å². The average molecular weight is 311 g/mol. The van der Waals surface area contributed by atoms with Crippen molar-refractivity contribution in [2.24, 2.45) is 0 Å². The van der Waals surface area contributed by atoms with Crippen LogP contribution in [0.25, 0.3) is 0 Å². The summed E-state index contributed by atoms with van der Waals surface area (Å²) in [5.74, 6) is 0. The molecule has 0 N–H and O–H groups in total. The van der Waals surface area contributed by atoms with Gasteiger partial charge in [0.15, 0.2) is 6.29 Å². The summed E-state index contributed by atoms with van der Waals surface area (Å²) in [5.41, 5.74) is 3.34. The van der Waals surface area contributed by atoms with Crippen molar-refractivity contribution in [3.05, 3.63) is 65.7 Å². The third-order valence-corrected chi connectivity index (χ3v) is 3.89. The van der Waals surface area contributed by atoms with Gasteiger partial charge in [-0.2, -0.15) is 0 Å². The smallest absolute Gasteiger partial charge is 0.186 e. The van der Waals surface area contributed by atoms with Gasteiger partial charge in [-0.25, -0.2) is 9.90 Å². The Labute approximate surface area is 138 Å². The molecule has 3 nitrogen and oxygen atoms in total. The van der Waals surface area contributed by atoms with Gasteiger partial charge in [0.05, 0.1) is 17.3 Å². The van der Waals surface area contributed by atoms with Gasteiger partial charge < -0.3 is 4.74 Å². The van der Waals surface area contributed by atoms with Gasteiger partial charge in [-0.15, -0.1) is 0 Å². The fraction of sp³-hybridized carbons (Fsp3) is 0.400. The van der Waals surface area contributed by atoms with E-state index in [0.29, 0.717) is 0 Å². The predicted octanol–water partition coefficient (Wildman–Crippen LogP) is 5.02. The summed E-state index contributed by atoms with van der Waals surface area (Å²) < 4.78 is 6.06. The van der Waals surface area contributed by atoms with Gasteiger partial charge in [0.2, 0.25) is 0 Å². The lowest BCUT2D eigenvalue weighted by atomic mass is 10.0. The van der Waals surface area contributed by atoms with E-state index in [0.717, 1.165) is 12.1 Å². The summed E-state index contributed by atoms with van der Waals surface area (Å²) in [4.78, 5) is 6.13. The van der Waals surface area contributed by atoms with Crippen LogP contribution in [0.2, 0.25) is 0 Å². The van der Waals surface area contributed by atoms with E-state index in [2.05, 4.69) is 64.1 Å². The summed E-state index contributed by atoms with van der Waals surface area (Å²) in [6, 6.07) is 19.0. The Morgan fingerprint density at radius 2 is 1.65 bits per heavy atom. The lowest BCUT2D eigenvalue weighted by Crippen LogP contribution is -2.28. The molecule has 2 aromatic rings. The minimum atomic E-state index is -0.235. The Bertz CT molecular complexity index is 631. The number of nitrogens with zero attached hydrogens (tertiary/aromatic N) is 1. The Balaban J connectivity index is 1.88. The van der Waals surface area contributed by atoms with E-state index < -0.39 is 0 Å². The number of hydroxylamine groups is 1. The van der Waals surface area contributed by atoms with Crippen molar-refractivity contribution >= 4 is 5.69 Å². The fourth-order valence-electron chi connectivity index (χ4n) is 2.86. The van der Waals surface area contributed by atoms with Gasteiger partial charge in [0.1, 0.15) is 0 Å². The molecular formula is C20H25NO2. The van der Waals surface area contributed by atoms with E-state index in [-0.39, 0.29) is 17.9 Å². The Kier molecular flexibility index (Phi) is 4.42. The first-order valence-electron chi connectivity index (χ1n) is 8.18. The van der Waals surface area contributed by atoms with Crippen LogP contribution in [0.4, 0.5) is 5.69 Å². The largest absolute Gasteiger partial charge is 0.344 e. The van der Waals surface area contributed by atoms with Crippen LogP contribution in [0.5, 0.6) is 0 Å². The maximum atomic E-state index is 6.13. The Morgan fingerprint density at radius 1 is 1.00 bits per heavy atom. The van der Waals surface area contributed by atoms with Gasteiger partial charge in [-0.3, -0.25) is 0 Å². The molecule has 0 amide bonds. The van der Waals surface area contributed by atoms with E-state index in [1.165, 1.54) is 11.1 Å². The highest BCUT2D eigenvalue weighted by molar-refractivity contribution is 5.47. The minimum absolute atomic E-state index is 0.158. The van der Waals surface area contributed by atoms with E-state index in [1.54, 1.807) is 0 Å². The highest BCUT2D eigenvalue weighted by atomic mass is 16.8. The van der Waals surface area contributed by atoms with Gasteiger partial charge in [-0.1, -0.05) is 48.0 Å². The normalized spacial score (nSPS) is 21.7. The van der Waals surface area contributed by atoms with Crippen LogP contribution in [0.3, 0.4) is 0 Å². The number of hydrogen-bond acceptors (Lipinski definition) is 3. The minimum Gasteiger partial charge on any atom is -0.344 e. The van der Waals surface area contributed by atoms with Gasteiger partial charge >= 0.3 is 0 Å². The first-order chi connectivity index (χ1) is 10.9. The monoisotopic (exact) mass is 311 g/mol. The van der Waals surface area contributed by atoms with Crippen molar-refractivity contribution in [2.75, 3.05) is 5.06 Å². The number of benzene rings is 2. The first-order valence-corrected chi connectivity index (χ1v) is 8.18. The molecule has 1 fully saturated rings. The van der Waals surface area contributed by atoms with Gasteiger partial charge in [0.25, 0.3) is 0 Å². The molecule has 23 heavy (non-hydrogen) atoms. The molecule has 0 aliphatic carbocycles. The second kappa shape index (κ2) is 6.34. The molecule has 2 atom stereocenters. The summed E-state index contributed by atoms with van der Waals surface area (Å²) in [6.45, 7) is 8.28. The zero-order chi connectivity index (χ0) is 16.4. The third kappa shape index (κ3) is 3.92. The molecule has 1 saturated heterocycles. The van der Waals surface area contributed by atoms with Crippen LogP contribution in [-0.4, -0.2) is 11.9 Å². The predicted molar refractivity (Wildman–Crippen MR) is 93.2 cm³/mol. The van der Waals surface area contributed by atoms with Crippen molar-refractivity contribution in [1.29, 1.82) is 0 Å². The van der Waals surface area contributed by atoms with Crippen LogP contribution in [0, 0.1) is 6.92 Å². The second-order valence-corrected chi connectivity index (χ2v) is 7.09. The van der Waals surface area contributed by atoms with Crippen molar-refractivity contribution in [3.63, 3.8) is 0 Å².